The van der Waals surface area contributed by atoms with Crippen LogP contribution in [0.15, 0.2) is 66.7 Å². The fraction of sp³-hybridized carbons (Fsp3) is 0.391. The van der Waals surface area contributed by atoms with Crippen molar-refractivity contribution in [2.24, 2.45) is 0 Å². The van der Waals surface area contributed by atoms with Crippen LogP contribution in [0.4, 0.5) is 0 Å². The van der Waals surface area contributed by atoms with Gasteiger partial charge in [0, 0.05) is 0 Å². The number of rotatable bonds is 7. The van der Waals surface area contributed by atoms with Gasteiger partial charge in [-0.3, -0.25) is 0 Å². The molecule has 27 heavy (non-hydrogen) atoms. The zero-order chi connectivity index (χ0) is 20.1. The first-order valence-corrected chi connectivity index (χ1v) is 12.3. The SMILES string of the molecule is CC(C)(C)[Si](C)(C)OC(/C=C/c1ccccc1)[C@H](O)[C@H](O)c1ccccc1. The van der Waals surface area contributed by atoms with Crippen molar-refractivity contribution in [3.05, 3.63) is 77.9 Å². The van der Waals surface area contributed by atoms with Crippen molar-refractivity contribution in [1.29, 1.82) is 0 Å². The highest BCUT2D eigenvalue weighted by Gasteiger charge is 2.41. The van der Waals surface area contributed by atoms with Gasteiger partial charge in [0.1, 0.15) is 12.2 Å². The summed E-state index contributed by atoms with van der Waals surface area (Å²) >= 11 is 0. The van der Waals surface area contributed by atoms with Crippen molar-refractivity contribution in [3.63, 3.8) is 0 Å². The molecule has 0 aromatic heterocycles. The van der Waals surface area contributed by atoms with E-state index in [2.05, 4.69) is 33.9 Å². The quantitative estimate of drug-likeness (QED) is 0.646. The van der Waals surface area contributed by atoms with Crippen LogP contribution in [0.25, 0.3) is 6.08 Å². The first-order valence-electron chi connectivity index (χ1n) is 9.44. The van der Waals surface area contributed by atoms with Crippen LogP contribution in [0.3, 0.4) is 0 Å². The zero-order valence-electron chi connectivity index (χ0n) is 17.0. The van der Waals surface area contributed by atoms with Crippen molar-refractivity contribution in [3.8, 4) is 0 Å². The van der Waals surface area contributed by atoms with Gasteiger partial charge in [0.05, 0.1) is 6.10 Å². The molecule has 2 N–H and O–H groups in total. The second kappa shape index (κ2) is 8.98. The predicted molar refractivity (Wildman–Crippen MR) is 115 cm³/mol. The van der Waals surface area contributed by atoms with E-state index in [-0.39, 0.29) is 5.04 Å². The highest BCUT2D eigenvalue weighted by molar-refractivity contribution is 6.74. The Morgan fingerprint density at radius 1 is 0.889 bits per heavy atom. The van der Waals surface area contributed by atoms with Gasteiger partial charge < -0.3 is 14.6 Å². The third-order valence-electron chi connectivity index (χ3n) is 5.32. The summed E-state index contributed by atoms with van der Waals surface area (Å²) in [6.45, 7) is 10.8. The van der Waals surface area contributed by atoms with Gasteiger partial charge in [-0.15, -0.1) is 0 Å². The predicted octanol–water partition coefficient (Wildman–Crippen LogP) is 5.18. The first-order chi connectivity index (χ1) is 12.6. The molecule has 146 valence electrons. The molecule has 4 heteroatoms. The Bertz CT molecular complexity index is 720. The van der Waals surface area contributed by atoms with Crippen LogP contribution in [-0.2, 0) is 4.43 Å². The lowest BCUT2D eigenvalue weighted by Gasteiger charge is -2.40. The third kappa shape index (κ3) is 5.88. The summed E-state index contributed by atoms with van der Waals surface area (Å²) in [7, 11) is -2.14. The summed E-state index contributed by atoms with van der Waals surface area (Å²) in [6, 6.07) is 19.1. The van der Waals surface area contributed by atoms with E-state index >= 15 is 0 Å². The van der Waals surface area contributed by atoms with Crippen LogP contribution < -0.4 is 0 Å². The molecule has 1 unspecified atom stereocenters. The summed E-state index contributed by atoms with van der Waals surface area (Å²) in [5.74, 6) is 0. The largest absolute Gasteiger partial charge is 0.408 e. The molecule has 0 fully saturated rings. The summed E-state index contributed by atoms with van der Waals surface area (Å²) in [5, 5.41) is 21.6. The minimum Gasteiger partial charge on any atom is -0.408 e. The van der Waals surface area contributed by atoms with Crippen LogP contribution in [0.1, 0.15) is 38.0 Å². The van der Waals surface area contributed by atoms with Gasteiger partial charge in [-0.25, -0.2) is 0 Å². The van der Waals surface area contributed by atoms with Crippen molar-refractivity contribution >= 4 is 14.4 Å². The van der Waals surface area contributed by atoms with Gasteiger partial charge in [0.2, 0.25) is 0 Å². The van der Waals surface area contributed by atoms with E-state index in [4.69, 9.17) is 4.43 Å². The van der Waals surface area contributed by atoms with E-state index in [1.807, 2.05) is 72.8 Å². The maximum absolute atomic E-state index is 10.9. The lowest BCUT2D eigenvalue weighted by atomic mass is 10.00. The Hall–Kier alpha value is -1.72. The molecule has 0 bridgehead atoms. The Morgan fingerprint density at radius 3 is 1.93 bits per heavy atom. The Balaban J connectivity index is 2.29. The minimum atomic E-state index is -2.14. The number of benzene rings is 2. The van der Waals surface area contributed by atoms with Crippen molar-refractivity contribution < 1.29 is 14.6 Å². The third-order valence-corrected chi connectivity index (χ3v) is 9.79. The molecule has 0 radical (unpaired) electrons. The molecule has 0 aliphatic rings. The van der Waals surface area contributed by atoms with Gasteiger partial charge in [0.15, 0.2) is 8.32 Å². The molecule has 0 heterocycles. The second-order valence-corrected chi connectivity index (χ2v) is 13.2. The van der Waals surface area contributed by atoms with Crippen LogP contribution >= 0.6 is 0 Å². The van der Waals surface area contributed by atoms with Gasteiger partial charge in [-0.05, 0) is 29.3 Å². The second-order valence-electron chi connectivity index (χ2n) is 8.46. The molecule has 2 aromatic carbocycles. The summed E-state index contributed by atoms with van der Waals surface area (Å²) in [4.78, 5) is 0. The minimum absolute atomic E-state index is 0.00323. The number of aliphatic hydroxyl groups is 2. The molecular formula is C23H32O3Si. The van der Waals surface area contributed by atoms with E-state index in [9.17, 15) is 10.2 Å². The summed E-state index contributed by atoms with van der Waals surface area (Å²) in [6.07, 6.45) is 1.15. The van der Waals surface area contributed by atoms with Gasteiger partial charge in [-0.2, -0.15) is 0 Å². The Labute approximate surface area is 164 Å². The number of aliphatic hydroxyl groups excluding tert-OH is 2. The molecule has 0 saturated carbocycles. The maximum Gasteiger partial charge on any atom is 0.193 e. The van der Waals surface area contributed by atoms with Crippen molar-refractivity contribution in [2.75, 3.05) is 0 Å². The molecule has 0 spiro atoms. The fourth-order valence-corrected chi connectivity index (χ4v) is 3.79. The zero-order valence-corrected chi connectivity index (χ0v) is 18.0. The van der Waals surface area contributed by atoms with Gasteiger partial charge in [0.25, 0.3) is 0 Å². The maximum atomic E-state index is 10.9. The van der Waals surface area contributed by atoms with E-state index in [0.29, 0.717) is 5.56 Å². The standard InChI is InChI=1S/C23H32O3Si/c1-23(2,3)27(4,5)26-20(17-16-18-12-8-6-9-13-18)22(25)21(24)19-14-10-7-11-15-19/h6-17,20-22,24-25H,1-5H3/b17-16+/t20?,21-,22+/m1/s1. The molecular weight excluding hydrogens is 352 g/mol. The normalized spacial score (nSPS) is 16.3. The van der Waals surface area contributed by atoms with Gasteiger partial charge in [-0.1, -0.05) is 93.6 Å². The highest BCUT2D eigenvalue weighted by atomic mass is 28.4. The number of hydrogen-bond acceptors (Lipinski definition) is 3. The molecule has 2 rings (SSSR count). The van der Waals surface area contributed by atoms with Crippen molar-refractivity contribution in [2.45, 2.75) is 57.2 Å². The van der Waals surface area contributed by atoms with Crippen LogP contribution in [-0.4, -0.2) is 30.7 Å². The highest BCUT2D eigenvalue weighted by Crippen LogP contribution is 2.38. The molecule has 2 aromatic rings. The molecule has 0 aliphatic carbocycles. The number of hydrogen-bond donors (Lipinski definition) is 2. The lowest BCUT2D eigenvalue weighted by Crippen LogP contribution is -2.47. The fourth-order valence-electron chi connectivity index (χ4n) is 2.54. The van der Waals surface area contributed by atoms with E-state index < -0.39 is 26.6 Å². The molecule has 3 atom stereocenters. The van der Waals surface area contributed by atoms with Gasteiger partial charge >= 0.3 is 0 Å². The molecule has 3 nitrogen and oxygen atoms in total. The molecule has 0 aliphatic heterocycles. The Kier molecular flexibility index (Phi) is 7.17. The van der Waals surface area contributed by atoms with E-state index in [1.54, 1.807) is 0 Å². The summed E-state index contributed by atoms with van der Waals surface area (Å²) in [5.41, 5.74) is 1.71. The smallest absolute Gasteiger partial charge is 0.193 e. The van der Waals surface area contributed by atoms with Crippen LogP contribution in [0, 0.1) is 0 Å². The van der Waals surface area contributed by atoms with E-state index in [0.717, 1.165) is 5.56 Å². The topological polar surface area (TPSA) is 49.7 Å². The lowest BCUT2D eigenvalue weighted by molar-refractivity contribution is -0.0378. The molecule has 0 amide bonds. The van der Waals surface area contributed by atoms with Crippen LogP contribution in [0.5, 0.6) is 0 Å². The Morgan fingerprint density at radius 2 is 1.41 bits per heavy atom. The monoisotopic (exact) mass is 384 g/mol. The van der Waals surface area contributed by atoms with Crippen molar-refractivity contribution in [1.82, 2.24) is 0 Å². The van der Waals surface area contributed by atoms with Crippen LogP contribution in [0.2, 0.25) is 18.1 Å². The average Bonchev–Trinajstić information content (AvgIpc) is 2.64. The first kappa shape index (κ1) is 21.6. The average molecular weight is 385 g/mol. The van der Waals surface area contributed by atoms with E-state index in [1.165, 1.54) is 0 Å². The molecule has 0 saturated heterocycles. The summed E-state index contributed by atoms with van der Waals surface area (Å²) < 4.78 is 6.47.